The first-order valence-corrected chi connectivity index (χ1v) is 6.50. The van der Waals surface area contributed by atoms with Gasteiger partial charge in [-0.2, -0.15) is 0 Å². The average Bonchev–Trinajstić information content (AvgIpc) is 2.69. The van der Waals surface area contributed by atoms with Crippen LogP contribution in [0.5, 0.6) is 0 Å². The summed E-state index contributed by atoms with van der Waals surface area (Å²) in [6.45, 7) is 5.35. The van der Waals surface area contributed by atoms with Gasteiger partial charge in [-0.15, -0.1) is 0 Å². The Morgan fingerprint density at radius 3 is 3.00 bits per heavy atom. The molecule has 0 radical (unpaired) electrons. The maximum absolute atomic E-state index is 11.9. The highest BCUT2D eigenvalue weighted by Gasteiger charge is 2.27. The molecule has 2 heterocycles. The van der Waals surface area contributed by atoms with Crippen LogP contribution in [-0.4, -0.2) is 22.5 Å². The lowest BCUT2D eigenvalue weighted by atomic mass is 9.96. The number of imidazole rings is 1. The van der Waals surface area contributed by atoms with Gasteiger partial charge < -0.3 is 9.88 Å². The number of rotatable bonds is 3. The van der Waals surface area contributed by atoms with Crippen LogP contribution in [0, 0.1) is 0 Å². The van der Waals surface area contributed by atoms with Gasteiger partial charge in [0.25, 0.3) is 5.91 Å². The van der Waals surface area contributed by atoms with E-state index in [1.165, 1.54) is 6.42 Å². The lowest BCUT2D eigenvalue weighted by molar-refractivity contribution is 0.0956. The third-order valence-corrected chi connectivity index (χ3v) is 3.49. The summed E-state index contributed by atoms with van der Waals surface area (Å²) in [6, 6.07) is 0. The molecule has 1 N–H and O–H groups in total. The Morgan fingerprint density at radius 1 is 1.59 bits per heavy atom. The van der Waals surface area contributed by atoms with Crippen molar-refractivity contribution >= 4 is 5.91 Å². The number of nitrogens with one attached hydrogen (secondary N) is 1. The first kappa shape index (κ1) is 12.1. The topological polar surface area (TPSA) is 46.9 Å². The van der Waals surface area contributed by atoms with Crippen molar-refractivity contribution in [3.8, 4) is 0 Å². The summed E-state index contributed by atoms with van der Waals surface area (Å²) in [5.41, 5.74) is 1.78. The number of fused-ring (bicyclic) bond motifs is 1. The molecule has 0 aliphatic carbocycles. The number of carbonyl (C=O) groups excluding carboxylic acids is 1. The number of carbonyl (C=O) groups is 1. The van der Waals surface area contributed by atoms with Crippen LogP contribution < -0.4 is 5.32 Å². The molecule has 4 nitrogen and oxygen atoms in total. The van der Waals surface area contributed by atoms with E-state index >= 15 is 0 Å². The molecule has 0 bridgehead atoms. The summed E-state index contributed by atoms with van der Waals surface area (Å²) >= 11 is 0. The van der Waals surface area contributed by atoms with Gasteiger partial charge in [-0.05, 0) is 25.2 Å². The lowest BCUT2D eigenvalue weighted by Crippen LogP contribution is -2.23. The van der Waals surface area contributed by atoms with Crippen molar-refractivity contribution in [1.29, 1.82) is 0 Å². The number of amides is 1. The summed E-state index contributed by atoms with van der Waals surface area (Å²) in [5, 5.41) is 2.69. The number of hydrogen-bond acceptors (Lipinski definition) is 2. The smallest absolute Gasteiger partial charge is 0.271 e. The van der Waals surface area contributed by atoms with Crippen LogP contribution in [0.3, 0.4) is 0 Å². The van der Waals surface area contributed by atoms with Crippen LogP contribution >= 0.6 is 0 Å². The maximum atomic E-state index is 11.9. The Balaban J connectivity index is 2.48. The number of aromatic nitrogens is 2. The molecule has 0 aromatic carbocycles. The van der Waals surface area contributed by atoms with E-state index in [1.807, 2.05) is 0 Å². The summed E-state index contributed by atoms with van der Waals surface area (Å²) < 4.78 is 2.27. The highest BCUT2D eigenvalue weighted by molar-refractivity contribution is 5.93. The van der Waals surface area contributed by atoms with Crippen LogP contribution in [0.4, 0.5) is 0 Å². The van der Waals surface area contributed by atoms with Gasteiger partial charge in [0, 0.05) is 20.0 Å². The van der Waals surface area contributed by atoms with Gasteiger partial charge in [0.1, 0.15) is 11.5 Å². The van der Waals surface area contributed by atoms with Crippen molar-refractivity contribution in [2.75, 3.05) is 7.05 Å². The molecule has 0 saturated heterocycles. The van der Waals surface area contributed by atoms with Crippen molar-refractivity contribution in [2.24, 2.45) is 0 Å². The standard InChI is InChI=1S/C13H21N3O/c1-4-6-10-15-11(13(17)14-3)12-9(2)7-5-8-16(10)12/h9H,4-8H2,1-3H3,(H,14,17). The predicted octanol–water partition coefficient (Wildman–Crippen LogP) is 2.09. The number of nitrogens with zero attached hydrogens (tertiary/aromatic N) is 2. The minimum absolute atomic E-state index is 0.0511. The fourth-order valence-corrected chi connectivity index (χ4v) is 2.65. The second-order valence-corrected chi connectivity index (χ2v) is 4.79. The summed E-state index contributed by atoms with van der Waals surface area (Å²) in [5.74, 6) is 1.46. The highest BCUT2D eigenvalue weighted by Crippen LogP contribution is 2.31. The van der Waals surface area contributed by atoms with Gasteiger partial charge in [0.15, 0.2) is 0 Å². The molecule has 1 aromatic rings. The van der Waals surface area contributed by atoms with E-state index in [0.717, 1.165) is 37.3 Å². The van der Waals surface area contributed by atoms with E-state index in [9.17, 15) is 4.79 Å². The SMILES string of the molecule is CCCc1nc(C(=O)NC)c2n1CCCC2C. The molecule has 17 heavy (non-hydrogen) atoms. The van der Waals surface area contributed by atoms with Gasteiger partial charge in [0.05, 0.1) is 5.69 Å². The van der Waals surface area contributed by atoms with Gasteiger partial charge in [0.2, 0.25) is 0 Å². The zero-order chi connectivity index (χ0) is 12.4. The molecular formula is C13H21N3O. The minimum Gasteiger partial charge on any atom is -0.354 e. The van der Waals surface area contributed by atoms with E-state index in [1.54, 1.807) is 7.05 Å². The normalized spacial score (nSPS) is 18.9. The molecule has 0 saturated carbocycles. The lowest BCUT2D eigenvalue weighted by Gasteiger charge is -2.23. The Kier molecular flexibility index (Phi) is 3.50. The van der Waals surface area contributed by atoms with Crippen molar-refractivity contribution in [3.05, 3.63) is 17.2 Å². The molecule has 1 amide bonds. The summed E-state index contributed by atoms with van der Waals surface area (Å²) in [7, 11) is 1.67. The molecule has 0 spiro atoms. The average molecular weight is 235 g/mol. The maximum Gasteiger partial charge on any atom is 0.271 e. The van der Waals surface area contributed by atoms with Crippen molar-refractivity contribution in [2.45, 2.75) is 52.0 Å². The zero-order valence-corrected chi connectivity index (χ0v) is 10.9. The fourth-order valence-electron chi connectivity index (χ4n) is 2.65. The summed E-state index contributed by atoms with van der Waals surface area (Å²) in [4.78, 5) is 16.4. The Morgan fingerprint density at radius 2 is 2.35 bits per heavy atom. The van der Waals surface area contributed by atoms with Crippen LogP contribution in [0.1, 0.15) is 61.0 Å². The number of hydrogen-bond donors (Lipinski definition) is 1. The Labute approximate surface area is 102 Å². The van der Waals surface area contributed by atoms with Crippen molar-refractivity contribution in [1.82, 2.24) is 14.9 Å². The van der Waals surface area contributed by atoms with Gasteiger partial charge in [-0.3, -0.25) is 4.79 Å². The van der Waals surface area contributed by atoms with E-state index in [2.05, 4.69) is 28.7 Å². The Bertz CT molecular complexity index is 423. The third-order valence-electron chi connectivity index (χ3n) is 3.49. The molecule has 1 aliphatic rings. The van der Waals surface area contributed by atoms with Crippen LogP contribution in [-0.2, 0) is 13.0 Å². The molecule has 2 rings (SSSR count). The highest BCUT2D eigenvalue weighted by atomic mass is 16.1. The van der Waals surface area contributed by atoms with E-state index < -0.39 is 0 Å². The molecule has 1 aromatic heterocycles. The largest absolute Gasteiger partial charge is 0.354 e. The second-order valence-electron chi connectivity index (χ2n) is 4.79. The molecule has 1 atom stereocenters. The van der Waals surface area contributed by atoms with Gasteiger partial charge in [-0.25, -0.2) is 4.98 Å². The predicted molar refractivity (Wildman–Crippen MR) is 67.3 cm³/mol. The molecule has 94 valence electrons. The quantitative estimate of drug-likeness (QED) is 0.872. The van der Waals surface area contributed by atoms with Crippen LogP contribution in [0.25, 0.3) is 0 Å². The van der Waals surface area contributed by atoms with Crippen LogP contribution in [0.15, 0.2) is 0 Å². The summed E-state index contributed by atoms with van der Waals surface area (Å²) in [6.07, 6.45) is 4.37. The fraction of sp³-hybridized carbons (Fsp3) is 0.692. The third kappa shape index (κ3) is 2.08. The van der Waals surface area contributed by atoms with E-state index in [0.29, 0.717) is 11.6 Å². The Hall–Kier alpha value is -1.32. The van der Waals surface area contributed by atoms with E-state index in [-0.39, 0.29) is 5.91 Å². The van der Waals surface area contributed by atoms with Crippen molar-refractivity contribution in [3.63, 3.8) is 0 Å². The second kappa shape index (κ2) is 4.90. The monoisotopic (exact) mass is 235 g/mol. The first-order chi connectivity index (χ1) is 8.19. The number of aryl methyl sites for hydroxylation is 1. The first-order valence-electron chi connectivity index (χ1n) is 6.50. The molecular weight excluding hydrogens is 214 g/mol. The molecule has 1 aliphatic heterocycles. The van der Waals surface area contributed by atoms with Gasteiger partial charge >= 0.3 is 0 Å². The zero-order valence-electron chi connectivity index (χ0n) is 10.9. The van der Waals surface area contributed by atoms with Crippen molar-refractivity contribution < 1.29 is 4.79 Å². The van der Waals surface area contributed by atoms with E-state index in [4.69, 9.17) is 0 Å². The molecule has 0 fully saturated rings. The van der Waals surface area contributed by atoms with Crippen LogP contribution in [0.2, 0.25) is 0 Å². The molecule has 1 unspecified atom stereocenters. The van der Waals surface area contributed by atoms with Gasteiger partial charge in [-0.1, -0.05) is 13.8 Å². The molecule has 4 heteroatoms. The minimum atomic E-state index is -0.0511.